The number of nitrogens with zero attached hydrogens (tertiary/aromatic N) is 2. The zero-order chi connectivity index (χ0) is 16.4. The Morgan fingerprint density at radius 3 is 3.17 bits per heavy atom. The highest BCUT2D eigenvalue weighted by atomic mass is 16.5. The third-order valence-electron chi connectivity index (χ3n) is 4.55. The van der Waals surface area contributed by atoms with Crippen molar-refractivity contribution in [3.8, 4) is 0 Å². The number of aliphatic hydroxyl groups is 1. The lowest BCUT2D eigenvalue weighted by atomic mass is 9.96. The first-order valence-electron chi connectivity index (χ1n) is 7.59. The van der Waals surface area contributed by atoms with Crippen LogP contribution in [0.15, 0.2) is 28.9 Å². The fourth-order valence-corrected chi connectivity index (χ4v) is 2.82. The molecule has 2 aromatic heterocycles. The third-order valence-corrected chi connectivity index (χ3v) is 4.55. The maximum atomic E-state index is 12.3. The topological polar surface area (TPSA) is 87.8 Å². The molecule has 0 unspecified atom stereocenters. The number of nitrogens with one attached hydrogen (secondary N) is 1. The second-order valence-electron chi connectivity index (χ2n) is 6.06. The molecule has 7 heteroatoms. The molecule has 2 N–H and O–H groups in total. The number of morpholine rings is 1. The van der Waals surface area contributed by atoms with Crippen molar-refractivity contribution in [2.24, 2.45) is 0 Å². The molecular weight excluding hydrogens is 298 g/mol. The van der Waals surface area contributed by atoms with Gasteiger partial charge in [-0.2, -0.15) is 0 Å². The number of hydrogen-bond donors (Lipinski definition) is 2. The standard InChI is InChI=1S/C16H21N3O4/c1-11-7-22-10-16(9-20,19(11)2)8-18-15(21)14-5-12-6-17-4-3-13(12)23-14/h3-6,11,20H,7-10H2,1-2H3,(H,18,21)/t11-,16+/m1/s1. The first-order chi connectivity index (χ1) is 11.1. The quantitative estimate of drug-likeness (QED) is 0.860. The summed E-state index contributed by atoms with van der Waals surface area (Å²) in [5.41, 5.74) is -0.00489. The lowest BCUT2D eigenvalue weighted by molar-refractivity contribution is -0.105. The average molecular weight is 319 g/mol. The lowest BCUT2D eigenvalue weighted by Crippen LogP contribution is -2.65. The van der Waals surface area contributed by atoms with E-state index in [2.05, 4.69) is 15.2 Å². The van der Waals surface area contributed by atoms with E-state index < -0.39 is 5.54 Å². The van der Waals surface area contributed by atoms with E-state index in [1.54, 1.807) is 24.5 Å². The van der Waals surface area contributed by atoms with Crippen molar-refractivity contribution in [3.05, 3.63) is 30.3 Å². The van der Waals surface area contributed by atoms with Gasteiger partial charge in [-0.3, -0.25) is 14.7 Å². The highest BCUT2D eigenvalue weighted by Crippen LogP contribution is 2.22. The molecule has 0 spiro atoms. The number of ether oxygens (including phenoxy) is 1. The summed E-state index contributed by atoms with van der Waals surface area (Å²) in [5.74, 6) is -0.0887. The van der Waals surface area contributed by atoms with Gasteiger partial charge in [0.05, 0.1) is 25.4 Å². The fraction of sp³-hybridized carbons (Fsp3) is 0.500. The summed E-state index contributed by atoms with van der Waals surface area (Å²) in [6.07, 6.45) is 3.26. The van der Waals surface area contributed by atoms with Crippen LogP contribution in [0.2, 0.25) is 0 Å². The fourth-order valence-electron chi connectivity index (χ4n) is 2.82. The van der Waals surface area contributed by atoms with Crippen molar-refractivity contribution in [2.45, 2.75) is 18.5 Å². The summed E-state index contributed by atoms with van der Waals surface area (Å²) in [4.78, 5) is 18.4. The molecule has 0 radical (unpaired) electrons. The van der Waals surface area contributed by atoms with Gasteiger partial charge in [0.2, 0.25) is 0 Å². The number of pyridine rings is 1. The summed E-state index contributed by atoms with van der Waals surface area (Å²) in [6.45, 7) is 3.19. The van der Waals surface area contributed by atoms with Crippen LogP contribution in [0, 0.1) is 0 Å². The highest BCUT2D eigenvalue weighted by molar-refractivity contribution is 5.95. The van der Waals surface area contributed by atoms with E-state index in [0.717, 1.165) is 5.39 Å². The molecule has 2 atom stereocenters. The Hall–Kier alpha value is -1.96. The second-order valence-corrected chi connectivity index (χ2v) is 6.06. The molecular formula is C16H21N3O4. The number of likely N-dealkylation sites (N-methyl/N-ethyl adjacent to an activating group) is 1. The van der Waals surface area contributed by atoms with Gasteiger partial charge in [-0.05, 0) is 26.1 Å². The number of furan rings is 1. The molecule has 3 heterocycles. The van der Waals surface area contributed by atoms with E-state index in [9.17, 15) is 9.90 Å². The number of aliphatic hydroxyl groups excluding tert-OH is 1. The van der Waals surface area contributed by atoms with Crippen LogP contribution in [0.1, 0.15) is 17.5 Å². The minimum absolute atomic E-state index is 0.0990. The van der Waals surface area contributed by atoms with E-state index >= 15 is 0 Å². The van der Waals surface area contributed by atoms with Gasteiger partial charge in [0, 0.05) is 30.4 Å². The van der Waals surface area contributed by atoms with Crippen molar-refractivity contribution in [1.82, 2.24) is 15.2 Å². The minimum Gasteiger partial charge on any atom is -0.451 e. The SMILES string of the molecule is C[C@@H]1COC[C@@](CO)(CNC(=O)c2cc3cnccc3o2)N1C. The zero-order valence-corrected chi connectivity index (χ0v) is 13.3. The van der Waals surface area contributed by atoms with Gasteiger partial charge in [0.25, 0.3) is 5.91 Å². The molecule has 1 aliphatic heterocycles. The number of carbonyl (C=O) groups is 1. The smallest absolute Gasteiger partial charge is 0.287 e. The summed E-state index contributed by atoms with van der Waals surface area (Å²) in [5, 5.41) is 13.4. The van der Waals surface area contributed by atoms with E-state index in [1.165, 1.54) is 0 Å². The molecule has 0 saturated carbocycles. The summed E-state index contributed by atoms with van der Waals surface area (Å²) in [7, 11) is 1.93. The maximum absolute atomic E-state index is 12.3. The van der Waals surface area contributed by atoms with Crippen LogP contribution in [0.3, 0.4) is 0 Å². The zero-order valence-electron chi connectivity index (χ0n) is 13.3. The minimum atomic E-state index is -0.624. The molecule has 7 nitrogen and oxygen atoms in total. The van der Waals surface area contributed by atoms with Crippen LogP contribution >= 0.6 is 0 Å². The molecule has 0 bridgehead atoms. The van der Waals surface area contributed by atoms with Gasteiger partial charge in [-0.15, -0.1) is 0 Å². The normalized spacial score (nSPS) is 25.6. The molecule has 1 saturated heterocycles. The monoisotopic (exact) mass is 319 g/mol. The summed E-state index contributed by atoms with van der Waals surface area (Å²) >= 11 is 0. The molecule has 3 rings (SSSR count). The predicted molar refractivity (Wildman–Crippen MR) is 84.2 cm³/mol. The number of fused-ring (bicyclic) bond motifs is 1. The van der Waals surface area contributed by atoms with Gasteiger partial charge < -0.3 is 19.6 Å². The average Bonchev–Trinajstić information content (AvgIpc) is 3.00. The Labute approximate surface area is 134 Å². The van der Waals surface area contributed by atoms with Crippen molar-refractivity contribution >= 4 is 16.9 Å². The number of rotatable bonds is 4. The van der Waals surface area contributed by atoms with Gasteiger partial charge in [0.15, 0.2) is 5.76 Å². The van der Waals surface area contributed by atoms with Gasteiger partial charge >= 0.3 is 0 Å². The van der Waals surface area contributed by atoms with E-state index in [-0.39, 0.29) is 30.9 Å². The molecule has 1 fully saturated rings. The molecule has 0 aliphatic carbocycles. The Bertz CT molecular complexity index is 668. The van der Waals surface area contributed by atoms with Crippen molar-refractivity contribution < 1.29 is 19.1 Å². The van der Waals surface area contributed by atoms with Crippen LogP contribution in [0.25, 0.3) is 11.0 Å². The number of hydrogen-bond acceptors (Lipinski definition) is 6. The molecule has 1 aliphatic rings. The van der Waals surface area contributed by atoms with Crippen LogP contribution in [-0.4, -0.2) is 65.9 Å². The van der Waals surface area contributed by atoms with Crippen molar-refractivity contribution in [2.75, 3.05) is 33.4 Å². The van der Waals surface area contributed by atoms with Crippen molar-refractivity contribution in [1.29, 1.82) is 0 Å². The first kappa shape index (κ1) is 15.9. The number of aromatic nitrogens is 1. The van der Waals surface area contributed by atoms with E-state index in [4.69, 9.17) is 9.15 Å². The molecule has 0 aromatic carbocycles. The van der Waals surface area contributed by atoms with Crippen molar-refractivity contribution in [3.63, 3.8) is 0 Å². The van der Waals surface area contributed by atoms with E-state index in [0.29, 0.717) is 18.8 Å². The maximum Gasteiger partial charge on any atom is 0.287 e. The Morgan fingerprint density at radius 1 is 1.61 bits per heavy atom. The van der Waals surface area contributed by atoms with Crippen LogP contribution in [0.4, 0.5) is 0 Å². The first-order valence-corrected chi connectivity index (χ1v) is 7.59. The van der Waals surface area contributed by atoms with Gasteiger partial charge in [-0.1, -0.05) is 0 Å². The Morgan fingerprint density at radius 2 is 2.43 bits per heavy atom. The van der Waals surface area contributed by atoms with Crippen LogP contribution in [-0.2, 0) is 4.74 Å². The Kier molecular flexibility index (Phi) is 4.34. The highest BCUT2D eigenvalue weighted by Gasteiger charge is 2.40. The Balaban J connectivity index is 1.72. The second kappa shape index (κ2) is 6.27. The molecule has 23 heavy (non-hydrogen) atoms. The summed E-state index contributed by atoms with van der Waals surface area (Å²) in [6, 6.07) is 3.55. The van der Waals surface area contributed by atoms with Gasteiger partial charge in [0.1, 0.15) is 5.58 Å². The molecule has 2 aromatic rings. The van der Waals surface area contributed by atoms with Gasteiger partial charge in [-0.25, -0.2) is 0 Å². The van der Waals surface area contributed by atoms with E-state index in [1.807, 2.05) is 14.0 Å². The molecule has 124 valence electrons. The van der Waals surface area contributed by atoms with Crippen LogP contribution in [0.5, 0.6) is 0 Å². The lowest BCUT2D eigenvalue weighted by Gasteiger charge is -2.47. The largest absolute Gasteiger partial charge is 0.451 e. The summed E-state index contributed by atoms with van der Waals surface area (Å²) < 4.78 is 11.1. The number of amides is 1. The molecule has 1 amide bonds. The predicted octanol–water partition coefficient (Wildman–Crippen LogP) is 0.639. The van der Waals surface area contributed by atoms with Crippen LogP contribution < -0.4 is 5.32 Å². The third kappa shape index (κ3) is 2.95. The number of carbonyl (C=O) groups excluding carboxylic acids is 1.